The molecule has 0 aromatic carbocycles. The van der Waals surface area contributed by atoms with Crippen LogP contribution >= 0.6 is 0 Å². The lowest BCUT2D eigenvalue weighted by molar-refractivity contribution is -0.119. The van der Waals surface area contributed by atoms with Gasteiger partial charge in [0.2, 0.25) is 5.91 Å². The number of amides is 2. The van der Waals surface area contributed by atoms with E-state index in [0.717, 1.165) is 18.4 Å². The number of aromatic nitrogens is 5. The molecule has 35 heavy (non-hydrogen) atoms. The fourth-order valence-corrected chi connectivity index (χ4v) is 3.49. The molecule has 1 aliphatic rings. The molecule has 0 aliphatic carbocycles. The van der Waals surface area contributed by atoms with Crippen LogP contribution in [-0.2, 0) is 29.1 Å². The van der Waals surface area contributed by atoms with Crippen molar-refractivity contribution in [1.29, 1.82) is 0 Å². The number of pyridine rings is 2. The van der Waals surface area contributed by atoms with Gasteiger partial charge in [0.25, 0.3) is 5.91 Å². The van der Waals surface area contributed by atoms with Crippen LogP contribution in [0.1, 0.15) is 24.1 Å². The summed E-state index contributed by atoms with van der Waals surface area (Å²) in [6.45, 7) is 1.79. The predicted octanol–water partition coefficient (Wildman–Crippen LogP) is 0.854. The maximum atomic E-state index is 12.5. The highest BCUT2D eigenvalue weighted by molar-refractivity contribution is 5.92. The van der Waals surface area contributed by atoms with Crippen LogP contribution in [0.25, 0.3) is 0 Å². The molecule has 4 heterocycles. The number of rotatable bonds is 11. The smallest absolute Gasteiger partial charge is 0.270 e. The molecule has 2 amide bonds. The number of hydrogen-bond acceptors (Lipinski definition) is 9. The van der Waals surface area contributed by atoms with Gasteiger partial charge in [0.05, 0.1) is 12.6 Å². The monoisotopic (exact) mass is 476 g/mol. The first kappa shape index (κ1) is 23.8. The molecule has 3 aromatic rings. The van der Waals surface area contributed by atoms with Crippen LogP contribution in [0.2, 0.25) is 0 Å². The van der Waals surface area contributed by atoms with Crippen molar-refractivity contribution in [2.24, 2.45) is 0 Å². The Balaban J connectivity index is 1.16. The summed E-state index contributed by atoms with van der Waals surface area (Å²) in [7, 11) is 1.80. The van der Waals surface area contributed by atoms with Crippen molar-refractivity contribution in [3.05, 3.63) is 78.3 Å². The number of carbonyl (C=O) groups excluding carboxylic acids is 2. The molecular formula is C23H28N10O2. The number of likely N-dealkylation sites (N-methyl/N-ethyl adjacent to an activating group) is 1. The summed E-state index contributed by atoms with van der Waals surface area (Å²) in [5.74, 6) is 0.0669. The molecule has 12 heteroatoms. The maximum absolute atomic E-state index is 12.5. The lowest BCUT2D eigenvalue weighted by Gasteiger charge is -2.20. The van der Waals surface area contributed by atoms with Crippen LogP contribution in [0, 0.1) is 0 Å². The van der Waals surface area contributed by atoms with Crippen molar-refractivity contribution >= 4 is 17.6 Å². The van der Waals surface area contributed by atoms with Gasteiger partial charge in [0.15, 0.2) is 5.82 Å². The standard InChI is InChI=1S/C23H28N10O2/c1-31-20(23(35)26-15-18-7-6-9-24-14-18)16-33(30-31)12-5-4-11-32-17-21(28-29-32)27-22(34)13-19-8-2-3-10-25-19/h2-3,6-10,14,16-17,30H,4-5,11-13,15H2,1H3,(H,26,35)(H,27,34). The Kier molecular flexibility index (Phi) is 7.96. The molecule has 3 aromatic heterocycles. The van der Waals surface area contributed by atoms with Crippen molar-refractivity contribution < 1.29 is 9.59 Å². The molecule has 0 saturated carbocycles. The average molecular weight is 477 g/mol. The van der Waals surface area contributed by atoms with Crippen molar-refractivity contribution in [3.8, 4) is 0 Å². The van der Waals surface area contributed by atoms with Gasteiger partial charge in [-0.3, -0.25) is 34.3 Å². The molecule has 182 valence electrons. The third-order valence-electron chi connectivity index (χ3n) is 5.24. The molecule has 0 bridgehead atoms. The van der Waals surface area contributed by atoms with E-state index in [2.05, 4.69) is 36.4 Å². The van der Waals surface area contributed by atoms with Gasteiger partial charge < -0.3 is 10.6 Å². The Morgan fingerprint density at radius 3 is 2.77 bits per heavy atom. The van der Waals surface area contributed by atoms with Crippen LogP contribution in [0.4, 0.5) is 5.82 Å². The molecule has 1 aliphatic heterocycles. The van der Waals surface area contributed by atoms with Crippen molar-refractivity contribution in [3.63, 3.8) is 0 Å². The minimum absolute atomic E-state index is 0.161. The van der Waals surface area contributed by atoms with E-state index in [0.29, 0.717) is 36.8 Å². The Morgan fingerprint density at radius 1 is 1.09 bits per heavy atom. The normalized spacial score (nSPS) is 13.0. The molecule has 0 spiro atoms. The second-order valence-electron chi connectivity index (χ2n) is 8.03. The van der Waals surface area contributed by atoms with Gasteiger partial charge >= 0.3 is 0 Å². The topological polar surface area (TPSA) is 133 Å². The van der Waals surface area contributed by atoms with E-state index in [1.807, 2.05) is 29.3 Å². The zero-order valence-corrected chi connectivity index (χ0v) is 19.5. The predicted molar refractivity (Wildman–Crippen MR) is 128 cm³/mol. The van der Waals surface area contributed by atoms with E-state index in [4.69, 9.17) is 0 Å². The fraction of sp³-hybridized carbons (Fsp3) is 0.304. The summed E-state index contributed by atoms with van der Waals surface area (Å²) in [6.07, 6.45) is 10.5. The Hall–Kier alpha value is -4.32. The van der Waals surface area contributed by atoms with Gasteiger partial charge in [-0.05, 0) is 36.6 Å². The molecule has 0 atom stereocenters. The zero-order chi connectivity index (χ0) is 24.5. The summed E-state index contributed by atoms with van der Waals surface area (Å²) in [5.41, 5.74) is 5.32. The van der Waals surface area contributed by atoms with E-state index in [-0.39, 0.29) is 18.2 Å². The maximum Gasteiger partial charge on any atom is 0.270 e. The van der Waals surface area contributed by atoms with Crippen LogP contribution in [0.15, 0.2) is 67.0 Å². The number of unbranched alkanes of at least 4 members (excludes halogenated alkanes) is 1. The first-order chi connectivity index (χ1) is 17.1. The van der Waals surface area contributed by atoms with Crippen molar-refractivity contribution in [2.45, 2.75) is 32.4 Å². The molecule has 0 radical (unpaired) electrons. The SMILES string of the molecule is CN1NN(CCCCn2cc(NC(=O)Cc3ccccn3)nn2)C=C1C(=O)NCc1cccnc1. The van der Waals surface area contributed by atoms with Crippen molar-refractivity contribution in [1.82, 2.24) is 45.8 Å². The highest BCUT2D eigenvalue weighted by Gasteiger charge is 2.22. The average Bonchev–Trinajstić information content (AvgIpc) is 3.47. The van der Waals surface area contributed by atoms with Gasteiger partial charge in [-0.15, -0.1) is 10.6 Å². The number of carbonyl (C=O) groups is 2. The van der Waals surface area contributed by atoms with E-state index in [1.54, 1.807) is 53.8 Å². The molecule has 0 fully saturated rings. The fourth-order valence-electron chi connectivity index (χ4n) is 3.49. The van der Waals surface area contributed by atoms with Crippen LogP contribution in [0.3, 0.4) is 0 Å². The summed E-state index contributed by atoms with van der Waals surface area (Å²) in [5, 5.41) is 17.3. The molecule has 4 rings (SSSR count). The second kappa shape index (κ2) is 11.7. The number of aryl methyl sites for hydroxylation is 1. The van der Waals surface area contributed by atoms with E-state index >= 15 is 0 Å². The van der Waals surface area contributed by atoms with Gasteiger partial charge in [-0.25, -0.2) is 0 Å². The summed E-state index contributed by atoms with van der Waals surface area (Å²) in [6, 6.07) is 9.21. The van der Waals surface area contributed by atoms with Crippen molar-refractivity contribution in [2.75, 3.05) is 18.9 Å². The zero-order valence-electron chi connectivity index (χ0n) is 19.5. The Bertz CT molecular complexity index is 1150. The van der Waals surface area contributed by atoms with E-state index in [1.165, 1.54) is 0 Å². The minimum Gasteiger partial charge on any atom is -0.347 e. The van der Waals surface area contributed by atoms with E-state index in [9.17, 15) is 9.59 Å². The van der Waals surface area contributed by atoms with Gasteiger partial charge in [0.1, 0.15) is 5.70 Å². The number of hydrazine groups is 2. The number of hydrogen-bond donors (Lipinski definition) is 3. The largest absolute Gasteiger partial charge is 0.347 e. The highest BCUT2D eigenvalue weighted by atomic mass is 16.2. The lowest BCUT2D eigenvalue weighted by atomic mass is 10.2. The summed E-state index contributed by atoms with van der Waals surface area (Å²) >= 11 is 0. The van der Waals surface area contributed by atoms with Crippen LogP contribution < -0.4 is 16.2 Å². The second-order valence-corrected chi connectivity index (χ2v) is 8.03. The molecular weight excluding hydrogens is 448 g/mol. The van der Waals surface area contributed by atoms with Crippen LogP contribution in [0.5, 0.6) is 0 Å². The lowest BCUT2D eigenvalue weighted by Crippen LogP contribution is -2.40. The van der Waals surface area contributed by atoms with Crippen LogP contribution in [-0.4, -0.2) is 60.4 Å². The molecule has 3 N–H and O–H groups in total. The number of nitrogens with zero attached hydrogens (tertiary/aromatic N) is 7. The first-order valence-corrected chi connectivity index (χ1v) is 11.3. The third-order valence-corrected chi connectivity index (χ3v) is 5.24. The minimum atomic E-state index is -0.188. The summed E-state index contributed by atoms with van der Waals surface area (Å²) in [4.78, 5) is 32.8. The first-order valence-electron chi connectivity index (χ1n) is 11.3. The number of nitrogens with one attached hydrogen (secondary N) is 3. The number of anilines is 1. The summed E-state index contributed by atoms with van der Waals surface area (Å²) < 4.78 is 1.70. The molecule has 0 unspecified atom stereocenters. The van der Waals surface area contributed by atoms with Gasteiger partial charge in [-0.1, -0.05) is 17.3 Å². The highest BCUT2D eigenvalue weighted by Crippen LogP contribution is 2.11. The Labute approximate surface area is 203 Å². The third kappa shape index (κ3) is 7.08. The van der Waals surface area contributed by atoms with E-state index < -0.39 is 0 Å². The van der Waals surface area contributed by atoms with Gasteiger partial charge in [0, 0.05) is 57.2 Å². The quantitative estimate of drug-likeness (QED) is 0.345. The van der Waals surface area contributed by atoms with Gasteiger partial charge in [-0.2, -0.15) is 0 Å². The molecule has 12 nitrogen and oxygen atoms in total. The molecule has 0 saturated heterocycles. The Morgan fingerprint density at radius 2 is 1.97 bits per heavy atom.